The Balaban J connectivity index is 1.88. The molecule has 0 aromatic heterocycles. The van der Waals surface area contributed by atoms with Crippen LogP contribution in [0.25, 0.3) is 0 Å². The third-order valence-electron chi connectivity index (χ3n) is 7.63. The SMILES string of the molecule is COCCNC(=O)CC[C@@]12CC[C@@](C)(O)C[C@H]1C(C)(C)C[C@@H]2NS(=O)(=O)c1ccccc1. The van der Waals surface area contributed by atoms with Crippen molar-refractivity contribution in [1.82, 2.24) is 10.0 Å². The summed E-state index contributed by atoms with van der Waals surface area (Å²) in [6.07, 6.45) is 3.45. The van der Waals surface area contributed by atoms with Crippen LogP contribution in [0.3, 0.4) is 0 Å². The number of rotatable bonds is 9. The molecule has 0 spiro atoms. The quantitative estimate of drug-likeness (QED) is 0.486. The van der Waals surface area contributed by atoms with Gasteiger partial charge < -0.3 is 15.2 Å². The molecule has 0 bridgehead atoms. The number of carbonyl (C=O) groups excluding carboxylic acids is 1. The summed E-state index contributed by atoms with van der Waals surface area (Å²) in [6.45, 7) is 7.09. The predicted molar refractivity (Wildman–Crippen MR) is 123 cm³/mol. The second-order valence-electron chi connectivity index (χ2n) is 10.5. The van der Waals surface area contributed by atoms with Crippen LogP contribution >= 0.6 is 0 Å². The lowest BCUT2D eigenvalue weighted by atomic mass is 9.57. The minimum absolute atomic E-state index is 0.0538. The van der Waals surface area contributed by atoms with E-state index < -0.39 is 15.6 Å². The maximum Gasteiger partial charge on any atom is 0.240 e. The molecular formula is C24H38N2O5S. The number of sulfonamides is 1. The van der Waals surface area contributed by atoms with E-state index in [-0.39, 0.29) is 33.6 Å². The molecule has 1 amide bonds. The van der Waals surface area contributed by atoms with Gasteiger partial charge in [0.25, 0.3) is 0 Å². The lowest BCUT2D eigenvalue weighted by Crippen LogP contribution is -2.52. The minimum atomic E-state index is -3.70. The van der Waals surface area contributed by atoms with Crippen molar-refractivity contribution < 1.29 is 23.1 Å². The van der Waals surface area contributed by atoms with Crippen molar-refractivity contribution in [2.24, 2.45) is 16.7 Å². The van der Waals surface area contributed by atoms with E-state index in [2.05, 4.69) is 23.9 Å². The molecule has 180 valence electrons. The van der Waals surface area contributed by atoms with Gasteiger partial charge in [-0.15, -0.1) is 0 Å². The topological polar surface area (TPSA) is 105 Å². The van der Waals surface area contributed by atoms with Crippen LogP contribution in [0, 0.1) is 16.7 Å². The summed E-state index contributed by atoms with van der Waals surface area (Å²) in [5, 5.41) is 13.7. The number of nitrogens with one attached hydrogen (secondary N) is 2. The Labute approximate surface area is 192 Å². The number of hydrogen-bond acceptors (Lipinski definition) is 5. The number of aliphatic hydroxyl groups is 1. The molecule has 0 saturated heterocycles. The maximum atomic E-state index is 13.2. The van der Waals surface area contributed by atoms with Crippen LogP contribution < -0.4 is 10.0 Å². The first-order chi connectivity index (χ1) is 14.9. The fourth-order valence-corrected chi connectivity index (χ4v) is 7.32. The third-order valence-corrected chi connectivity index (χ3v) is 9.12. The second-order valence-corrected chi connectivity index (χ2v) is 12.2. The van der Waals surface area contributed by atoms with Gasteiger partial charge in [-0.25, -0.2) is 13.1 Å². The highest BCUT2D eigenvalue weighted by Crippen LogP contribution is 2.64. The molecule has 4 atom stereocenters. The van der Waals surface area contributed by atoms with Crippen molar-refractivity contribution in [3.05, 3.63) is 30.3 Å². The fraction of sp³-hybridized carbons (Fsp3) is 0.708. The van der Waals surface area contributed by atoms with Crippen molar-refractivity contribution in [3.63, 3.8) is 0 Å². The largest absolute Gasteiger partial charge is 0.390 e. The lowest BCUT2D eigenvalue weighted by molar-refractivity contribution is -0.123. The minimum Gasteiger partial charge on any atom is -0.390 e. The van der Waals surface area contributed by atoms with Crippen molar-refractivity contribution in [3.8, 4) is 0 Å². The van der Waals surface area contributed by atoms with E-state index in [1.54, 1.807) is 37.4 Å². The number of fused-ring (bicyclic) bond motifs is 1. The Morgan fingerprint density at radius 2 is 1.84 bits per heavy atom. The van der Waals surface area contributed by atoms with E-state index in [0.717, 1.165) is 0 Å². The molecule has 2 saturated carbocycles. The maximum absolute atomic E-state index is 13.2. The van der Waals surface area contributed by atoms with Gasteiger partial charge in [-0.2, -0.15) is 0 Å². The molecule has 1 aromatic carbocycles. The van der Waals surface area contributed by atoms with Gasteiger partial charge in [0.2, 0.25) is 15.9 Å². The van der Waals surface area contributed by atoms with E-state index in [1.165, 1.54) is 0 Å². The van der Waals surface area contributed by atoms with Gasteiger partial charge in [-0.05, 0) is 67.9 Å². The highest BCUT2D eigenvalue weighted by atomic mass is 32.2. The summed E-state index contributed by atoms with van der Waals surface area (Å²) in [5.41, 5.74) is -1.33. The van der Waals surface area contributed by atoms with Crippen LogP contribution in [0.5, 0.6) is 0 Å². The molecule has 3 rings (SSSR count). The summed E-state index contributed by atoms with van der Waals surface area (Å²) < 4.78 is 34.4. The smallest absolute Gasteiger partial charge is 0.240 e. The van der Waals surface area contributed by atoms with Crippen LogP contribution in [0.15, 0.2) is 35.2 Å². The average molecular weight is 467 g/mol. The molecule has 0 unspecified atom stereocenters. The first kappa shape index (κ1) is 25.1. The van der Waals surface area contributed by atoms with Gasteiger partial charge in [0, 0.05) is 26.1 Å². The Morgan fingerprint density at radius 1 is 1.16 bits per heavy atom. The first-order valence-corrected chi connectivity index (χ1v) is 13.0. The number of ether oxygens (including phenoxy) is 1. The van der Waals surface area contributed by atoms with Crippen LogP contribution in [-0.4, -0.2) is 51.3 Å². The van der Waals surface area contributed by atoms with E-state index in [0.29, 0.717) is 51.7 Å². The Kier molecular flexibility index (Phi) is 7.39. The molecule has 0 aliphatic heterocycles. The molecule has 2 aliphatic rings. The van der Waals surface area contributed by atoms with Gasteiger partial charge in [-0.3, -0.25) is 4.79 Å². The lowest BCUT2D eigenvalue weighted by Gasteiger charge is -2.50. The molecule has 32 heavy (non-hydrogen) atoms. The molecule has 0 radical (unpaired) electrons. The van der Waals surface area contributed by atoms with Crippen molar-refractivity contribution in [2.45, 2.75) is 75.8 Å². The van der Waals surface area contributed by atoms with Crippen LogP contribution in [0.1, 0.15) is 59.3 Å². The van der Waals surface area contributed by atoms with E-state index in [4.69, 9.17) is 4.74 Å². The highest BCUT2D eigenvalue weighted by molar-refractivity contribution is 7.89. The molecule has 8 heteroatoms. The molecule has 2 aliphatic carbocycles. The van der Waals surface area contributed by atoms with Crippen LogP contribution in [-0.2, 0) is 19.6 Å². The zero-order valence-corrected chi connectivity index (χ0v) is 20.5. The van der Waals surface area contributed by atoms with Crippen molar-refractivity contribution in [2.75, 3.05) is 20.3 Å². The standard InChI is InChI=1S/C24H38N2O5S/c1-22(2)17-20(26-32(29,30)18-8-6-5-7-9-18)24(11-10-21(27)25-14-15-31-4)13-12-23(3,28)16-19(22)24/h5-9,19-20,26,28H,10-17H2,1-4H3,(H,25,27)/t19-,20-,23+,24+/m0/s1. The summed E-state index contributed by atoms with van der Waals surface area (Å²) in [7, 11) is -2.11. The zero-order valence-electron chi connectivity index (χ0n) is 19.7. The molecule has 7 nitrogen and oxygen atoms in total. The monoisotopic (exact) mass is 466 g/mol. The Morgan fingerprint density at radius 3 is 2.50 bits per heavy atom. The van der Waals surface area contributed by atoms with Crippen molar-refractivity contribution in [1.29, 1.82) is 0 Å². The Hall–Kier alpha value is -1.48. The van der Waals surface area contributed by atoms with E-state index in [9.17, 15) is 18.3 Å². The van der Waals surface area contributed by atoms with Crippen LogP contribution in [0.4, 0.5) is 0 Å². The molecule has 2 fully saturated rings. The number of amides is 1. The molecule has 1 aromatic rings. The van der Waals surface area contributed by atoms with Gasteiger partial charge in [0.15, 0.2) is 0 Å². The van der Waals surface area contributed by atoms with Crippen molar-refractivity contribution >= 4 is 15.9 Å². The number of benzene rings is 1. The normalized spacial score (nSPS) is 31.8. The summed E-state index contributed by atoms with van der Waals surface area (Å²) in [5.74, 6) is 0.0517. The average Bonchev–Trinajstić information content (AvgIpc) is 2.93. The third kappa shape index (κ3) is 5.35. The molecular weight excluding hydrogens is 428 g/mol. The second kappa shape index (κ2) is 9.41. The first-order valence-electron chi connectivity index (χ1n) is 11.5. The predicted octanol–water partition coefficient (Wildman–Crippen LogP) is 2.84. The van der Waals surface area contributed by atoms with E-state index in [1.807, 2.05) is 6.92 Å². The Bertz CT molecular complexity index is 900. The fourth-order valence-electron chi connectivity index (χ4n) is 5.98. The molecule has 0 heterocycles. The van der Waals surface area contributed by atoms with Gasteiger partial charge in [0.1, 0.15) is 0 Å². The summed E-state index contributed by atoms with van der Waals surface area (Å²) in [6, 6.07) is 8.13. The number of hydrogen-bond donors (Lipinski definition) is 3. The molecule has 3 N–H and O–H groups in total. The zero-order chi connectivity index (χ0) is 23.6. The van der Waals surface area contributed by atoms with Gasteiger partial charge in [0.05, 0.1) is 17.1 Å². The summed E-state index contributed by atoms with van der Waals surface area (Å²) in [4.78, 5) is 12.7. The number of methoxy groups -OCH3 is 1. The van der Waals surface area contributed by atoms with E-state index >= 15 is 0 Å². The van der Waals surface area contributed by atoms with Gasteiger partial charge in [-0.1, -0.05) is 32.0 Å². The van der Waals surface area contributed by atoms with Crippen LogP contribution in [0.2, 0.25) is 0 Å². The van der Waals surface area contributed by atoms with Gasteiger partial charge >= 0.3 is 0 Å². The summed E-state index contributed by atoms with van der Waals surface area (Å²) >= 11 is 0. The highest BCUT2D eigenvalue weighted by Gasteiger charge is 2.61. The number of carbonyl (C=O) groups is 1.